The van der Waals surface area contributed by atoms with Gasteiger partial charge in [-0.2, -0.15) is 8.42 Å². The van der Waals surface area contributed by atoms with Crippen LogP contribution in [-0.2, 0) is 16.8 Å². The van der Waals surface area contributed by atoms with E-state index in [4.69, 9.17) is 23.4 Å². The zero-order valence-corrected chi connectivity index (χ0v) is 27.4. The number of rotatable bonds is 6. The van der Waals surface area contributed by atoms with Crippen LogP contribution in [-0.4, -0.2) is 28.3 Å². The number of H-pyrrole nitrogens is 1. The highest BCUT2D eigenvalue weighted by molar-refractivity contribution is 7.79. The van der Waals surface area contributed by atoms with Crippen molar-refractivity contribution in [2.24, 2.45) is 5.84 Å². The van der Waals surface area contributed by atoms with Gasteiger partial charge in [-0.25, -0.2) is 0 Å². The van der Waals surface area contributed by atoms with Gasteiger partial charge in [0.05, 0.1) is 5.69 Å². The number of ketones is 1. The van der Waals surface area contributed by atoms with Gasteiger partial charge in [0.15, 0.2) is 5.78 Å². The Hall–Kier alpha value is -5.84. The van der Waals surface area contributed by atoms with Gasteiger partial charge in [-0.05, 0) is 34.9 Å². The van der Waals surface area contributed by atoms with Gasteiger partial charge in [-0.3, -0.25) is 19.7 Å². The van der Waals surface area contributed by atoms with Gasteiger partial charge < -0.3 is 10.4 Å². The fourth-order valence-corrected chi connectivity index (χ4v) is 4.91. The average molecular weight is 672 g/mol. The molecule has 9 heteroatoms. The number of anilines is 1. The largest absolute Gasteiger partial charge is 0.394 e. The molecule has 0 aliphatic rings. The Balaban J connectivity index is 0.000000168. The molecule has 0 radical (unpaired) electrons. The summed E-state index contributed by atoms with van der Waals surface area (Å²) in [6.45, 7) is 0. The molecular formula is C40H37N3O5S. The number of fused-ring (bicyclic) bond motifs is 1. The van der Waals surface area contributed by atoms with Gasteiger partial charge in [0, 0.05) is 34.1 Å². The molecule has 49 heavy (non-hydrogen) atoms. The molecule has 0 bridgehead atoms. The van der Waals surface area contributed by atoms with Gasteiger partial charge in [0.25, 0.3) is 0 Å². The number of benzene rings is 6. The Morgan fingerprint density at radius 2 is 1.02 bits per heavy atom. The summed E-state index contributed by atoms with van der Waals surface area (Å²) in [5.41, 5.74) is 11.4. The van der Waals surface area contributed by atoms with E-state index in [0.29, 0.717) is 6.42 Å². The Morgan fingerprint density at radius 1 is 0.592 bits per heavy atom. The van der Waals surface area contributed by atoms with Crippen LogP contribution in [0.25, 0.3) is 33.3 Å². The molecule has 1 heterocycles. The summed E-state index contributed by atoms with van der Waals surface area (Å²) in [6, 6.07) is 58.4. The molecule has 0 saturated carbocycles. The Bertz CT molecular complexity index is 2100. The van der Waals surface area contributed by atoms with E-state index in [2.05, 4.69) is 89.3 Å². The first-order valence-corrected chi connectivity index (χ1v) is 16.7. The molecule has 0 fully saturated rings. The molecule has 6 N–H and O–H groups in total. The molecule has 0 saturated heterocycles. The van der Waals surface area contributed by atoms with E-state index in [1.165, 1.54) is 33.3 Å². The van der Waals surface area contributed by atoms with E-state index in [9.17, 15) is 4.79 Å². The number of carbonyl (C=O) groups excluding carboxylic acids is 1. The van der Waals surface area contributed by atoms with Crippen molar-refractivity contribution in [1.82, 2.24) is 4.98 Å². The number of hydrogen-bond acceptors (Lipinski definition) is 5. The van der Waals surface area contributed by atoms with Crippen LogP contribution < -0.4 is 11.3 Å². The van der Waals surface area contributed by atoms with Crippen LogP contribution in [0.1, 0.15) is 15.9 Å². The van der Waals surface area contributed by atoms with Gasteiger partial charge in [0.1, 0.15) is 0 Å². The van der Waals surface area contributed by atoms with Crippen molar-refractivity contribution in [1.29, 1.82) is 0 Å². The summed E-state index contributed by atoms with van der Waals surface area (Å²) in [6.07, 6.45) is 0.477. The van der Waals surface area contributed by atoms with E-state index in [1.807, 2.05) is 97.1 Å². The second-order valence-corrected chi connectivity index (χ2v) is 11.5. The van der Waals surface area contributed by atoms with Gasteiger partial charge >= 0.3 is 10.4 Å². The molecule has 7 rings (SSSR count). The maximum Gasteiger partial charge on any atom is 0.394 e. The highest BCUT2D eigenvalue weighted by Gasteiger charge is 2.14. The first-order chi connectivity index (χ1) is 23.7. The van der Waals surface area contributed by atoms with Crippen LogP contribution in [0.5, 0.6) is 0 Å². The summed E-state index contributed by atoms with van der Waals surface area (Å²) in [5.74, 6) is 5.27. The van der Waals surface area contributed by atoms with E-state index < -0.39 is 10.4 Å². The lowest BCUT2D eigenvalue weighted by Gasteiger charge is -2.05. The average Bonchev–Trinajstić information content (AvgIpc) is 3.53. The quantitative estimate of drug-likeness (QED) is 0.0514. The smallest absolute Gasteiger partial charge is 0.354 e. The van der Waals surface area contributed by atoms with Crippen LogP contribution >= 0.6 is 0 Å². The van der Waals surface area contributed by atoms with Crippen LogP contribution in [0.2, 0.25) is 0 Å². The minimum absolute atomic E-state index is 0.168. The molecule has 0 aliphatic carbocycles. The fourth-order valence-electron chi connectivity index (χ4n) is 4.91. The number of carbonyl (C=O) groups is 1. The number of nitrogen functional groups attached to an aromatic ring is 1. The molecule has 0 amide bonds. The first-order valence-electron chi connectivity index (χ1n) is 15.3. The van der Waals surface area contributed by atoms with E-state index in [1.54, 1.807) is 0 Å². The molecule has 0 atom stereocenters. The van der Waals surface area contributed by atoms with E-state index in [0.717, 1.165) is 16.8 Å². The number of hydrogen-bond donors (Lipinski definition) is 5. The lowest BCUT2D eigenvalue weighted by atomic mass is 9.98. The second kappa shape index (κ2) is 18.5. The molecule has 6 aromatic carbocycles. The highest BCUT2D eigenvalue weighted by atomic mass is 32.3. The van der Waals surface area contributed by atoms with Crippen molar-refractivity contribution in [3.05, 3.63) is 187 Å². The van der Waals surface area contributed by atoms with Crippen molar-refractivity contribution in [3.63, 3.8) is 0 Å². The molecule has 0 unspecified atom stereocenters. The molecular weight excluding hydrogens is 635 g/mol. The summed E-state index contributed by atoms with van der Waals surface area (Å²) in [5, 5.41) is 1.27. The molecule has 1 aromatic heterocycles. The number of nitrogens with two attached hydrogens (primary N) is 1. The minimum atomic E-state index is -4.67. The lowest BCUT2D eigenvalue weighted by Crippen LogP contribution is -2.05. The lowest BCUT2D eigenvalue weighted by molar-refractivity contribution is 0.0993. The zero-order valence-electron chi connectivity index (χ0n) is 26.6. The number of hydrazine groups is 1. The van der Waals surface area contributed by atoms with Crippen molar-refractivity contribution in [3.8, 4) is 22.4 Å². The summed E-state index contributed by atoms with van der Waals surface area (Å²) in [7, 11) is -4.67. The summed E-state index contributed by atoms with van der Waals surface area (Å²) < 4.78 is 31.6. The molecule has 0 spiro atoms. The van der Waals surface area contributed by atoms with Crippen molar-refractivity contribution in [2.75, 3.05) is 5.43 Å². The molecule has 7 aromatic rings. The third kappa shape index (κ3) is 12.0. The topological polar surface area (TPSA) is 146 Å². The first kappa shape index (κ1) is 36.0. The maximum absolute atomic E-state index is 11.8. The number of aromatic nitrogens is 1. The number of para-hydroxylation sites is 2. The zero-order chi connectivity index (χ0) is 34.9. The SMILES string of the molecule is NNc1ccccc1.O=C(Cc1ccccc1)c1ccccc1.O=S(=O)(O)O.c1ccc(-c2[nH]c3ccccc3c2-c2ccccc2)cc1. The summed E-state index contributed by atoms with van der Waals surface area (Å²) >= 11 is 0. The van der Waals surface area contributed by atoms with E-state index >= 15 is 0 Å². The summed E-state index contributed by atoms with van der Waals surface area (Å²) in [4.78, 5) is 15.4. The second-order valence-electron chi connectivity index (χ2n) is 10.6. The molecule has 0 aliphatic heterocycles. The standard InChI is InChI=1S/C20H15N.C14H12O.C6H8N2.H2O4S/c1-3-9-15(10-4-1)19-17-13-7-8-14-18(17)21-20(19)16-11-5-2-6-12-16;15-14(13-9-5-2-6-10-13)11-12-7-3-1-4-8-12;7-8-6-4-2-1-3-5-6;1-5(2,3)4/h1-14,21H;1-10H,11H2;1-5,8H,7H2;(H2,1,2,3,4). The van der Waals surface area contributed by atoms with Crippen LogP contribution in [0, 0.1) is 0 Å². The molecule has 248 valence electrons. The Morgan fingerprint density at radius 3 is 1.53 bits per heavy atom. The van der Waals surface area contributed by atoms with E-state index in [-0.39, 0.29) is 5.78 Å². The number of nitrogens with one attached hydrogen (secondary N) is 2. The predicted molar refractivity (Wildman–Crippen MR) is 199 cm³/mol. The third-order valence-corrected chi connectivity index (χ3v) is 7.07. The van der Waals surface area contributed by atoms with Crippen LogP contribution in [0.4, 0.5) is 5.69 Å². The van der Waals surface area contributed by atoms with Crippen molar-refractivity contribution < 1.29 is 22.3 Å². The Labute approximate surface area is 286 Å². The normalized spacial score (nSPS) is 10.3. The maximum atomic E-state index is 11.8. The van der Waals surface area contributed by atoms with Crippen LogP contribution in [0.15, 0.2) is 176 Å². The fraction of sp³-hybridized carbons (Fsp3) is 0.0250. The number of Topliss-reactive ketones (excluding diaryl/α,β-unsaturated/α-hetero) is 1. The molecule has 8 nitrogen and oxygen atoms in total. The highest BCUT2D eigenvalue weighted by Crippen LogP contribution is 2.37. The predicted octanol–water partition coefficient (Wildman–Crippen LogP) is 8.93. The monoisotopic (exact) mass is 671 g/mol. The Kier molecular flexibility index (Phi) is 13.6. The van der Waals surface area contributed by atoms with Crippen molar-refractivity contribution >= 4 is 32.8 Å². The number of aromatic amines is 1. The van der Waals surface area contributed by atoms with Gasteiger partial charge in [-0.1, -0.05) is 158 Å². The van der Waals surface area contributed by atoms with Gasteiger partial charge in [-0.15, -0.1) is 0 Å². The third-order valence-electron chi connectivity index (χ3n) is 7.07. The minimum Gasteiger partial charge on any atom is -0.354 e. The van der Waals surface area contributed by atoms with Crippen molar-refractivity contribution in [2.45, 2.75) is 6.42 Å². The van der Waals surface area contributed by atoms with Gasteiger partial charge in [0.2, 0.25) is 0 Å². The van der Waals surface area contributed by atoms with Crippen LogP contribution in [0.3, 0.4) is 0 Å².